The molecule has 0 spiro atoms. The van der Waals surface area contributed by atoms with E-state index in [1.165, 1.54) is 11.8 Å². The first-order chi connectivity index (χ1) is 14.4. The van der Waals surface area contributed by atoms with E-state index >= 15 is 0 Å². The van der Waals surface area contributed by atoms with Crippen LogP contribution in [0.2, 0.25) is 10.0 Å². The highest BCUT2D eigenvalue weighted by atomic mass is 79.9. The van der Waals surface area contributed by atoms with Crippen LogP contribution in [0.1, 0.15) is 12.2 Å². The second-order valence-electron chi connectivity index (χ2n) is 6.18. The van der Waals surface area contributed by atoms with Crippen LogP contribution in [0.4, 0.5) is 5.82 Å². The lowest BCUT2D eigenvalue weighted by Crippen LogP contribution is -2.15. The monoisotopic (exact) mass is 529 g/mol. The molecule has 2 aromatic heterocycles. The van der Waals surface area contributed by atoms with Gasteiger partial charge in [-0.2, -0.15) is 0 Å². The number of carbonyl (C=O) groups is 1. The van der Waals surface area contributed by atoms with Crippen molar-refractivity contribution in [3.8, 4) is 5.75 Å². The van der Waals surface area contributed by atoms with Crippen molar-refractivity contribution in [2.75, 3.05) is 17.7 Å². The predicted molar refractivity (Wildman–Crippen MR) is 123 cm³/mol. The zero-order valence-corrected chi connectivity index (χ0v) is 19.9. The van der Waals surface area contributed by atoms with Crippen LogP contribution in [0.25, 0.3) is 0 Å². The van der Waals surface area contributed by atoms with Crippen LogP contribution >= 0.6 is 50.9 Å². The SMILES string of the molecule is Cn1c(CCCOc2ccc(Cl)cc2Cl)nnc1SCC(=O)Nc1ccc(Br)cn1. The number of halogens is 3. The normalized spacial score (nSPS) is 10.8. The zero-order valence-electron chi connectivity index (χ0n) is 15.9. The topological polar surface area (TPSA) is 81.9 Å². The summed E-state index contributed by atoms with van der Waals surface area (Å²) in [7, 11) is 1.88. The molecule has 1 N–H and O–H groups in total. The Morgan fingerprint density at radius 3 is 2.83 bits per heavy atom. The van der Waals surface area contributed by atoms with Crippen molar-refractivity contribution in [1.82, 2.24) is 19.7 Å². The Bertz CT molecular complexity index is 1020. The molecule has 0 aliphatic rings. The molecular weight excluding hydrogens is 513 g/mol. The molecule has 3 aromatic rings. The first-order valence-electron chi connectivity index (χ1n) is 8.92. The maximum absolute atomic E-state index is 12.1. The average molecular weight is 531 g/mol. The molecule has 1 aromatic carbocycles. The number of hydrogen-bond donors (Lipinski definition) is 1. The van der Waals surface area contributed by atoms with E-state index in [4.69, 9.17) is 27.9 Å². The van der Waals surface area contributed by atoms with Crippen LogP contribution < -0.4 is 10.1 Å². The Morgan fingerprint density at radius 2 is 2.10 bits per heavy atom. The molecule has 0 aliphatic heterocycles. The molecule has 0 unspecified atom stereocenters. The minimum Gasteiger partial charge on any atom is -0.492 e. The summed E-state index contributed by atoms with van der Waals surface area (Å²) in [5.41, 5.74) is 0. The number of pyridine rings is 1. The number of hydrogen-bond acceptors (Lipinski definition) is 6. The van der Waals surface area contributed by atoms with Crippen molar-refractivity contribution in [3.63, 3.8) is 0 Å². The van der Waals surface area contributed by atoms with E-state index in [1.807, 2.05) is 17.7 Å². The van der Waals surface area contributed by atoms with Crippen molar-refractivity contribution < 1.29 is 9.53 Å². The van der Waals surface area contributed by atoms with E-state index in [0.29, 0.717) is 39.8 Å². The first-order valence-corrected chi connectivity index (χ1v) is 11.5. The van der Waals surface area contributed by atoms with Gasteiger partial charge in [-0.3, -0.25) is 4.79 Å². The largest absolute Gasteiger partial charge is 0.492 e. The Balaban J connectivity index is 1.43. The van der Waals surface area contributed by atoms with Gasteiger partial charge < -0.3 is 14.6 Å². The third-order valence-electron chi connectivity index (χ3n) is 3.95. The smallest absolute Gasteiger partial charge is 0.236 e. The summed E-state index contributed by atoms with van der Waals surface area (Å²) in [5.74, 6) is 1.97. The third kappa shape index (κ3) is 6.60. The third-order valence-corrected chi connectivity index (χ3v) is 5.97. The highest BCUT2D eigenvalue weighted by molar-refractivity contribution is 9.10. The van der Waals surface area contributed by atoms with E-state index < -0.39 is 0 Å². The van der Waals surface area contributed by atoms with Gasteiger partial charge in [0, 0.05) is 29.2 Å². The number of amides is 1. The van der Waals surface area contributed by atoms with Gasteiger partial charge in [0.2, 0.25) is 5.91 Å². The molecule has 0 fully saturated rings. The number of benzene rings is 1. The lowest BCUT2D eigenvalue weighted by molar-refractivity contribution is -0.113. The first kappa shape index (κ1) is 22.9. The molecule has 0 aliphatic carbocycles. The highest BCUT2D eigenvalue weighted by Crippen LogP contribution is 2.27. The molecule has 0 atom stereocenters. The number of ether oxygens (including phenoxy) is 1. The number of rotatable bonds is 9. The van der Waals surface area contributed by atoms with Gasteiger partial charge in [-0.05, 0) is 52.7 Å². The zero-order chi connectivity index (χ0) is 21.5. The number of aryl methyl sites for hydroxylation is 1. The number of anilines is 1. The van der Waals surface area contributed by atoms with Crippen molar-refractivity contribution in [2.24, 2.45) is 7.05 Å². The fourth-order valence-corrected chi connectivity index (χ4v) is 3.88. The molecule has 30 heavy (non-hydrogen) atoms. The fourth-order valence-electron chi connectivity index (χ4n) is 2.45. The van der Waals surface area contributed by atoms with E-state index in [-0.39, 0.29) is 11.7 Å². The van der Waals surface area contributed by atoms with Gasteiger partial charge in [0.25, 0.3) is 0 Å². The lowest BCUT2D eigenvalue weighted by Gasteiger charge is -2.08. The standard InChI is InChI=1S/C19H18BrCl2N5O2S/c1-27-17(3-2-8-29-15-6-5-13(21)9-14(15)22)25-26-19(27)30-11-18(28)24-16-7-4-12(20)10-23-16/h4-7,9-10H,2-3,8,11H2,1H3,(H,23,24,28). The minimum absolute atomic E-state index is 0.160. The maximum atomic E-state index is 12.1. The quantitative estimate of drug-likeness (QED) is 0.309. The molecule has 3 rings (SSSR count). The summed E-state index contributed by atoms with van der Waals surface area (Å²) in [5, 5.41) is 12.8. The van der Waals surface area contributed by atoms with E-state index in [9.17, 15) is 4.79 Å². The number of carbonyl (C=O) groups excluding carboxylic acids is 1. The Labute approximate surface area is 196 Å². The maximum Gasteiger partial charge on any atom is 0.236 e. The van der Waals surface area contributed by atoms with Gasteiger partial charge in [0.15, 0.2) is 5.16 Å². The summed E-state index contributed by atoms with van der Waals surface area (Å²) in [6.07, 6.45) is 3.05. The summed E-state index contributed by atoms with van der Waals surface area (Å²) in [6.45, 7) is 0.485. The second-order valence-corrected chi connectivity index (χ2v) is 8.88. The van der Waals surface area contributed by atoms with Crippen molar-refractivity contribution >= 4 is 62.6 Å². The van der Waals surface area contributed by atoms with Gasteiger partial charge in [0.1, 0.15) is 17.4 Å². The molecule has 2 heterocycles. The lowest BCUT2D eigenvalue weighted by atomic mass is 10.3. The van der Waals surface area contributed by atoms with Crippen molar-refractivity contribution in [3.05, 3.63) is 56.9 Å². The summed E-state index contributed by atoms with van der Waals surface area (Å²) < 4.78 is 8.42. The van der Waals surface area contributed by atoms with Gasteiger partial charge in [-0.15, -0.1) is 10.2 Å². The van der Waals surface area contributed by atoms with Crippen LogP contribution in [0.3, 0.4) is 0 Å². The number of nitrogens with one attached hydrogen (secondary N) is 1. The minimum atomic E-state index is -0.160. The number of nitrogens with zero attached hydrogens (tertiary/aromatic N) is 4. The van der Waals surface area contributed by atoms with Gasteiger partial charge in [-0.25, -0.2) is 4.98 Å². The number of aromatic nitrogens is 4. The highest BCUT2D eigenvalue weighted by Gasteiger charge is 2.12. The van der Waals surface area contributed by atoms with E-state index in [1.54, 1.807) is 30.5 Å². The molecule has 7 nitrogen and oxygen atoms in total. The van der Waals surface area contributed by atoms with Gasteiger partial charge in [0.05, 0.1) is 17.4 Å². The predicted octanol–water partition coefficient (Wildman–Crippen LogP) is 5.02. The molecule has 0 saturated heterocycles. The van der Waals surface area contributed by atoms with Gasteiger partial charge in [-0.1, -0.05) is 35.0 Å². The Kier molecular flexibility index (Phi) is 8.38. The average Bonchev–Trinajstić information content (AvgIpc) is 3.06. The summed E-state index contributed by atoms with van der Waals surface area (Å²) in [4.78, 5) is 16.2. The number of thioether (sulfide) groups is 1. The van der Waals surface area contributed by atoms with Crippen molar-refractivity contribution in [2.45, 2.75) is 18.0 Å². The van der Waals surface area contributed by atoms with E-state index in [2.05, 4.69) is 36.4 Å². The fraction of sp³-hybridized carbons (Fsp3) is 0.263. The molecule has 1 amide bonds. The summed E-state index contributed by atoms with van der Waals surface area (Å²) in [6, 6.07) is 8.67. The molecule has 0 radical (unpaired) electrons. The molecule has 0 bridgehead atoms. The van der Waals surface area contributed by atoms with Gasteiger partial charge >= 0.3 is 0 Å². The van der Waals surface area contributed by atoms with Crippen LogP contribution in [-0.4, -0.2) is 38.0 Å². The Morgan fingerprint density at radius 1 is 1.27 bits per heavy atom. The Hall–Kier alpha value is -1.81. The second kappa shape index (κ2) is 11.0. The van der Waals surface area contributed by atoms with Crippen LogP contribution in [0.15, 0.2) is 46.2 Å². The molecule has 158 valence electrons. The van der Waals surface area contributed by atoms with Crippen LogP contribution in [0, 0.1) is 0 Å². The van der Waals surface area contributed by atoms with Crippen LogP contribution in [0.5, 0.6) is 5.75 Å². The van der Waals surface area contributed by atoms with E-state index in [0.717, 1.165) is 16.7 Å². The molecule has 11 heteroatoms. The molecule has 0 saturated carbocycles. The van der Waals surface area contributed by atoms with Crippen LogP contribution in [-0.2, 0) is 18.3 Å². The molecular formula is C19H18BrCl2N5O2S. The summed E-state index contributed by atoms with van der Waals surface area (Å²) >= 11 is 16.6. The van der Waals surface area contributed by atoms with Crippen molar-refractivity contribution in [1.29, 1.82) is 0 Å².